The summed E-state index contributed by atoms with van der Waals surface area (Å²) in [5.74, 6) is 1.42. The summed E-state index contributed by atoms with van der Waals surface area (Å²) in [6.45, 7) is 20.2. The summed E-state index contributed by atoms with van der Waals surface area (Å²) >= 11 is 0. The third kappa shape index (κ3) is 9.38. The van der Waals surface area contributed by atoms with Gasteiger partial charge in [-0.05, 0) is 58.2 Å². The summed E-state index contributed by atoms with van der Waals surface area (Å²) in [6.07, 6.45) is 6.44. The molecule has 0 fully saturated rings. The van der Waals surface area contributed by atoms with Gasteiger partial charge >= 0.3 is 6.09 Å². The van der Waals surface area contributed by atoms with E-state index >= 15 is 0 Å². The van der Waals surface area contributed by atoms with Gasteiger partial charge in [0.25, 0.3) is 0 Å². The molecule has 30 heavy (non-hydrogen) atoms. The van der Waals surface area contributed by atoms with E-state index in [0.717, 1.165) is 28.0 Å². The van der Waals surface area contributed by atoms with Crippen molar-refractivity contribution in [2.45, 2.75) is 81.3 Å². The number of rotatable bonds is 3. The lowest BCUT2D eigenvalue weighted by atomic mass is 10.1. The van der Waals surface area contributed by atoms with Crippen molar-refractivity contribution < 1.29 is 9.53 Å². The number of ether oxygens (including phenoxy) is 1. The van der Waals surface area contributed by atoms with Crippen molar-refractivity contribution in [3.63, 3.8) is 0 Å². The maximum Gasteiger partial charge on any atom is 0.415 e. The summed E-state index contributed by atoms with van der Waals surface area (Å²) in [6, 6.07) is 3.83. The highest BCUT2D eigenvalue weighted by atomic mass is 16.6. The van der Waals surface area contributed by atoms with E-state index in [4.69, 9.17) is 4.74 Å². The summed E-state index contributed by atoms with van der Waals surface area (Å²) in [4.78, 5) is 22.3. The van der Waals surface area contributed by atoms with Crippen LogP contribution in [0, 0.1) is 5.92 Å². The largest absolute Gasteiger partial charge is 0.443 e. The molecule has 2 rings (SSSR count). The fraction of sp³-hybridized carbons (Fsp3) is 0.560. The molecule has 5 nitrogen and oxygen atoms in total. The van der Waals surface area contributed by atoms with Gasteiger partial charge in [0.15, 0.2) is 0 Å². The Morgan fingerprint density at radius 2 is 1.63 bits per heavy atom. The highest BCUT2D eigenvalue weighted by Gasteiger charge is 2.21. The third-order valence-electron chi connectivity index (χ3n) is 4.25. The molecule has 0 spiro atoms. The third-order valence-corrected chi connectivity index (χ3v) is 4.25. The quantitative estimate of drug-likeness (QED) is 0.520. The van der Waals surface area contributed by atoms with Gasteiger partial charge in [0, 0.05) is 30.2 Å². The lowest BCUT2D eigenvalue weighted by Gasteiger charge is -2.24. The van der Waals surface area contributed by atoms with Crippen molar-refractivity contribution in [1.82, 2.24) is 9.97 Å². The zero-order valence-corrected chi connectivity index (χ0v) is 20.8. The molecule has 0 unspecified atom stereocenters. The summed E-state index contributed by atoms with van der Waals surface area (Å²) in [5, 5.41) is 1.91. The van der Waals surface area contributed by atoms with Crippen LogP contribution in [0.25, 0.3) is 16.3 Å². The van der Waals surface area contributed by atoms with Gasteiger partial charge in [0.05, 0.1) is 5.69 Å². The molecule has 1 amide bonds. The van der Waals surface area contributed by atoms with E-state index in [1.807, 2.05) is 66.7 Å². The fourth-order valence-corrected chi connectivity index (χ4v) is 2.00. The first kappa shape index (κ1) is 27.6. The number of aromatic nitrogens is 2. The van der Waals surface area contributed by atoms with Gasteiger partial charge in [0.2, 0.25) is 0 Å². The molecule has 0 aliphatic heterocycles. The Morgan fingerprint density at radius 1 is 1.13 bits per heavy atom. The van der Waals surface area contributed by atoms with Gasteiger partial charge in [-0.2, -0.15) is 0 Å². The van der Waals surface area contributed by atoms with E-state index in [9.17, 15) is 4.79 Å². The van der Waals surface area contributed by atoms with Gasteiger partial charge in [-0.1, -0.05) is 47.1 Å². The Bertz CT molecular complexity index is 821. The van der Waals surface area contributed by atoms with Crippen LogP contribution in [0.2, 0.25) is 0 Å². The first-order valence-corrected chi connectivity index (χ1v) is 10.8. The number of allylic oxidation sites excluding steroid dienone is 2. The molecule has 0 bridgehead atoms. The monoisotopic (exact) mass is 415 g/mol. The van der Waals surface area contributed by atoms with Crippen LogP contribution >= 0.6 is 0 Å². The number of hydrogen-bond acceptors (Lipinski definition) is 4. The van der Waals surface area contributed by atoms with Crippen molar-refractivity contribution in [1.29, 1.82) is 0 Å². The van der Waals surface area contributed by atoms with Gasteiger partial charge in [-0.15, -0.1) is 0 Å². The number of amides is 1. The van der Waals surface area contributed by atoms with Crippen LogP contribution in [0.3, 0.4) is 0 Å². The Labute approximate surface area is 183 Å². The maximum atomic E-state index is 12.1. The van der Waals surface area contributed by atoms with Gasteiger partial charge in [-0.25, -0.2) is 9.78 Å². The zero-order valence-electron chi connectivity index (χ0n) is 20.8. The molecule has 0 saturated carbocycles. The number of pyridine rings is 2. The predicted octanol–water partition coefficient (Wildman–Crippen LogP) is 7.50. The van der Waals surface area contributed by atoms with Crippen LogP contribution in [0.5, 0.6) is 0 Å². The second kappa shape index (κ2) is 13.0. The number of fused-ring (bicyclic) bond motifs is 1. The topological polar surface area (TPSA) is 55.3 Å². The van der Waals surface area contributed by atoms with E-state index in [0.29, 0.717) is 5.82 Å². The molecule has 168 valence electrons. The summed E-state index contributed by atoms with van der Waals surface area (Å²) in [5.41, 5.74) is 1.50. The van der Waals surface area contributed by atoms with Gasteiger partial charge in [-0.3, -0.25) is 9.88 Å². The van der Waals surface area contributed by atoms with E-state index in [1.54, 1.807) is 19.4 Å². The lowest BCUT2D eigenvalue weighted by Crippen LogP contribution is -2.34. The number of hydrogen-bond donors (Lipinski definition) is 0. The minimum Gasteiger partial charge on any atom is -0.443 e. The predicted molar refractivity (Wildman–Crippen MR) is 130 cm³/mol. The molecular weight excluding hydrogens is 374 g/mol. The van der Waals surface area contributed by atoms with Gasteiger partial charge < -0.3 is 4.74 Å². The Kier molecular flexibility index (Phi) is 11.9. The standard InChI is InChI=1S/C18H23N3O2.C5H12.C2H6/c1-7-12(2)15-8-13-11-20-16(9-14(13)10-19-15)21(6)17(22)23-18(3,4)5;1-4-5(2)3;1-2/h7-11H,1-6H3;5H,4H2,1-3H3;1-2H3/b12-7+;;. The SMILES string of the molecule is C/C=C(\C)c1cc2cnc(N(C)C(=O)OC(C)(C)C)cc2cn1.CC.CCC(C)C. The molecular formula is C25H41N3O2. The van der Waals surface area contributed by atoms with Crippen LogP contribution in [0.1, 0.15) is 81.4 Å². The summed E-state index contributed by atoms with van der Waals surface area (Å²) in [7, 11) is 1.65. The van der Waals surface area contributed by atoms with Crippen LogP contribution in [0.4, 0.5) is 10.6 Å². The summed E-state index contributed by atoms with van der Waals surface area (Å²) < 4.78 is 5.35. The molecule has 0 saturated heterocycles. The Hall–Kier alpha value is -2.43. The Morgan fingerprint density at radius 3 is 2.10 bits per heavy atom. The minimum absolute atomic E-state index is 0.432. The van der Waals surface area contributed by atoms with E-state index < -0.39 is 11.7 Å². The average molecular weight is 416 g/mol. The van der Waals surface area contributed by atoms with Crippen LogP contribution in [-0.2, 0) is 4.74 Å². The number of carbonyl (C=O) groups is 1. The van der Waals surface area contributed by atoms with Crippen molar-refractivity contribution in [3.05, 3.63) is 36.3 Å². The van der Waals surface area contributed by atoms with E-state index in [-0.39, 0.29) is 0 Å². The average Bonchev–Trinajstić information content (AvgIpc) is 2.72. The van der Waals surface area contributed by atoms with Gasteiger partial charge in [0.1, 0.15) is 11.4 Å². The van der Waals surface area contributed by atoms with E-state index in [2.05, 4.69) is 30.7 Å². The molecule has 0 N–H and O–H groups in total. The first-order chi connectivity index (χ1) is 14.0. The molecule has 0 radical (unpaired) electrons. The molecule has 0 aliphatic carbocycles. The van der Waals surface area contributed by atoms with Crippen LogP contribution < -0.4 is 4.90 Å². The molecule has 0 aliphatic rings. The molecule has 5 heteroatoms. The second-order valence-electron chi connectivity index (χ2n) is 8.27. The lowest BCUT2D eigenvalue weighted by molar-refractivity contribution is 0.0588. The molecule has 2 aromatic rings. The molecule has 2 aromatic heterocycles. The highest BCUT2D eigenvalue weighted by molar-refractivity contribution is 5.91. The minimum atomic E-state index is -0.539. The smallest absolute Gasteiger partial charge is 0.415 e. The van der Waals surface area contributed by atoms with Crippen LogP contribution in [-0.4, -0.2) is 28.7 Å². The number of carbonyl (C=O) groups excluding carboxylic acids is 1. The first-order valence-electron chi connectivity index (χ1n) is 10.8. The molecule has 0 aromatic carbocycles. The molecule has 0 atom stereocenters. The van der Waals surface area contributed by atoms with Crippen LogP contribution in [0.15, 0.2) is 30.6 Å². The normalized spacial score (nSPS) is 11.3. The fourth-order valence-electron chi connectivity index (χ4n) is 2.00. The zero-order chi connectivity index (χ0) is 23.5. The van der Waals surface area contributed by atoms with Crippen molar-refractivity contribution in [2.75, 3.05) is 11.9 Å². The number of anilines is 1. The van der Waals surface area contributed by atoms with E-state index in [1.165, 1.54) is 11.3 Å². The van der Waals surface area contributed by atoms with Crippen molar-refractivity contribution in [3.8, 4) is 0 Å². The molecule has 2 heterocycles. The van der Waals surface area contributed by atoms with Crippen molar-refractivity contribution >= 4 is 28.3 Å². The highest BCUT2D eigenvalue weighted by Crippen LogP contribution is 2.22. The van der Waals surface area contributed by atoms with Crippen molar-refractivity contribution in [2.24, 2.45) is 5.92 Å². The second-order valence-corrected chi connectivity index (χ2v) is 8.27. The Balaban J connectivity index is 0.00000105. The number of nitrogens with zero attached hydrogens (tertiary/aromatic N) is 3. The maximum absolute atomic E-state index is 12.1.